The molecular formula is C97H166O12. The van der Waals surface area contributed by atoms with Gasteiger partial charge in [0.25, 0.3) is 0 Å². The SMILES string of the molecule is CCC(C)(C)C(=O)OC1(C(C)C)CCCCC1.CCC(C)(C)C(=O)OC1(C)C2CC3CC(C2)CC1C3.CCC(C)C(=O)OC1(C(C)C)C2CC3CC(C2)CC1C3.CCC(C)C(=O)OC1(C)C2CC3CC(C2)CC1C3.CCC(C)C(=O)OC1(CC)C2CC3CC(C2)CC1C3.CCC1(OC(=O)C(C)(C)CC)CCCCC1. The second-order valence-electron chi connectivity index (χ2n) is 42.9. The standard InChI is InChI=1S/C18H30O2.2C17H28O2.C16H26O2.C15H28O2.C14H26O2/c1-5-12(4)17(19)20-18(11(2)3)15-7-13-6-14(9-15)10-16(18)8-13;1-5-16(2,3)15(18)19-17(4)13-7-11-6-12(9-13)10-14(17)8-11;1-4-11(3)16(18)19-17(5-2)14-7-12-6-13(9-14)10-15(17)8-12;1-4-10(2)15(17)18-16(3)13-6-11-5-12(8-13)9-14(16)7-11;1-6-14(4,5)13(16)17-15(12(2)3)10-8-7-9-11-15;1-5-13(3,4)12(15)16-14(6-2)10-8-7-9-11-14/h11-16H,5-10H2,1-4H3;11-14H,5-10H2,1-4H3;11-15H,4-10H2,1-3H3;10-14H,4-9H2,1-3H3;12H,6-11H2,1-5H3;5-11H2,1-4H3. The van der Waals surface area contributed by atoms with E-state index >= 15 is 0 Å². The molecule has 18 rings (SSSR count). The Morgan fingerprint density at radius 2 is 0.596 bits per heavy atom. The highest BCUT2D eigenvalue weighted by molar-refractivity contribution is 5.78. The molecule has 0 saturated heterocycles. The average molecular weight is 1520 g/mol. The Kier molecular flexibility index (Phi) is 30.1. The van der Waals surface area contributed by atoms with Crippen LogP contribution >= 0.6 is 0 Å². The van der Waals surface area contributed by atoms with Crippen LogP contribution in [0.2, 0.25) is 0 Å². The van der Waals surface area contributed by atoms with Crippen molar-refractivity contribution >= 4 is 35.8 Å². The van der Waals surface area contributed by atoms with Crippen molar-refractivity contribution in [2.45, 2.75) is 437 Å². The van der Waals surface area contributed by atoms with Crippen LogP contribution in [0.5, 0.6) is 0 Å². The fourth-order valence-corrected chi connectivity index (χ4v) is 25.0. The Morgan fingerprint density at radius 3 is 0.899 bits per heavy atom. The lowest BCUT2D eigenvalue weighted by Crippen LogP contribution is -2.62. The van der Waals surface area contributed by atoms with Crippen molar-refractivity contribution in [3.05, 3.63) is 0 Å². The van der Waals surface area contributed by atoms with E-state index in [2.05, 4.69) is 83.1 Å². The molecule has 0 amide bonds. The van der Waals surface area contributed by atoms with Crippen LogP contribution in [0.15, 0.2) is 0 Å². The third-order valence-electron chi connectivity index (χ3n) is 34.2. The van der Waals surface area contributed by atoms with E-state index in [9.17, 15) is 28.8 Å². The van der Waals surface area contributed by atoms with E-state index < -0.39 is 0 Å². The number of carbonyl (C=O) groups excluding carboxylic acids is 6. The summed E-state index contributed by atoms with van der Waals surface area (Å²) in [6.45, 7) is 48.0. The van der Waals surface area contributed by atoms with Gasteiger partial charge in [-0.1, -0.05) is 117 Å². The van der Waals surface area contributed by atoms with Gasteiger partial charge in [-0.3, -0.25) is 28.8 Å². The molecule has 3 atom stereocenters. The van der Waals surface area contributed by atoms with Crippen molar-refractivity contribution < 1.29 is 57.2 Å². The third kappa shape index (κ3) is 19.6. The summed E-state index contributed by atoms with van der Waals surface area (Å²) in [6.07, 6.45) is 45.3. The van der Waals surface area contributed by atoms with Gasteiger partial charge in [-0.2, -0.15) is 0 Å². The fourth-order valence-electron chi connectivity index (χ4n) is 25.0. The first-order chi connectivity index (χ1) is 51.2. The highest BCUT2D eigenvalue weighted by Gasteiger charge is 2.63. The minimum atomic E-state index is -0.348. The van der Waals surface area contributed by atoms with Gasteiger partial charge in [0.05, 0.1) is 34.0 Å². The molecule has 16 bridgehead atoms. The minimum absolute atomic E-state index is 0.0150. The van der Waals surface area contributed by atoms with Gasteiger partial charge in [0.15, 0.2) is 0 Å². The summed E-state index contributed by atoms with van der Waals surface area (Å²) in [4.78, 5) is 73.7. The summed E-state index contributed by atoms with van der Waals surface area (Å²) in [5, 5.41) is 0. The average Bonchev–Trinajstić information content (AvgIpc) is 0.744. The number of esters is 6. The fraction of sp³-hybridized carbons (Fsp3) is 0.938. The largest absolute Gasteiger partial charge is 0.459 e. The first-order valence-electron chi connectivity index (χ1n) is 46.6. The van der Waals surface area contributed by atoms with Gasteiger partial charge in [-0.25, -0.2) is 0 Å². The zero-order valence-electron chi connectivity index (χ0n) is 74.4. The highest BCUT2D eigenvalue weighted by atomic mass is 16.6. The summed E-state index contributed by atoms with van der Waals surface area (Å²) in [5.41, 5.74) is -1.92. The maximum absolute atomic E-state index is 12.5. The van der Waals surface area contributed by atoms with E-state index in [1.807, 2.05) is 76.2 Å². The molecule has 0 aliphatic heterocycles. The molecule has 12 heteroatoms. The summed E-state index contributed by atoms with van der Waals surface area (Å²) in [7, 11) is 0. The lowest BCUT2D eigenvalue weighted by atomic mass is 9.47. The maximum Gasteiger partial charge on any atom is 0.312 e. The molecule has 12 nitrogen and oxygen atoms in total. The summed E-state index contributed by atoms with van der Waals surface area (Å²) >= 11 is 0. The number of ether oxygens (including phenoxy) is 6. The second-order valence-corrected chi connectivity index (χ2v) is 42.9. The Hall–Kier alpha value is -3.18. The Morgan fingerprint density at radius 1 is 0.312 bits per heavy atom. The monoisotopic (exact) mass is 1520 g/mol. The van der Waals surface area contributed by atoms with Gasteiger partial charge < -0.3 is 28.4 Å². The lowest BCUT2D eigenvalue weighted by molar-refractivity contribution is -0.227. The van der Waals surface area contributed by atoms with Crippen LogP contribution in [-0.2, 0) is 57.2 Å². The van der Waals surface area contributed by atoms with Gasteiger partial charge >= 0.3 is 35.8 Å². The van der Waals surface area contributed by atoms with Crippen LogP contribution in [0.25, 0.3) is 0 Å². The van der Waals surface area contributed by atoms with Crippen LogP contribution in [0.3, 0.4) is 0 Å². The summed E-state index contributed by atoms with van der Waals surface area (Å²) < 4.78 is 36.4. The smallest absolute Gasteiger partial charge is 0.312 e. The Labute approximate surface area is 666 Å². The van der Waals surface area contributed by atoms with Gasteiger partial charge in [0.2, 0.25) is 0 Å². The zero-order chi connectivity index (χ0) is 80.2. The Bertz CT molecular complexity index is 2870. The summed E-state index contributed by atoms with van der Waals surface area (Å²) in [6, 6.07) is 0. The van der Waals surface area contributed by atoms with Crippen molar-refractivity contribution in [2.24, 2.45) is 141 Å². The molecule has 3 unspecified atom stereocenters. The molecule has 0 aromatic carbocycles. The molecular weight excluding hydrogens is 1360 g/mol. The molecule has 18 fully saturated rings. The van der Waals surface area contributed by atoms with Crippen LogP contribution in [0, 0.1) is 141 Å². The molecule has 0 spiro atoms. The molecule has 18 aliphatic rings. The summed E-state index contributed by atoms with van der Waals surface area (Å²) in [5.74, 6) is 13.7. The predicted molar refractivity (Wildman–Crippen MR) is 439 cm³/mol. The van der Waals surface area contributed by atoms with Crippen molar-refractivity contribution in [1.29, 1.82) is 0 Å². The minimum Gasteiger partial charge on any atom is -0.459 e. The quantitative estimate of drug-likeness (QED) is 0.0747. The second kappa shape index (κ2) is 36.5. The van der Waals surface area contributed by atoms with E-state index in [0.717, 1.165) is 124 Å². The van der Waals surface area contributed by atoms with Gasteiger partial charge in [0.1, 0.15) is 33.6 Å². The van der Waals surface area contributed by atoms with Crippen LogP contribution in [0.1, 0.15) is 403 Å². The van der Waals surface area contributed by atoms with E-state index in [-0.39, 0.29) is 103 Å². The normalized spacial score (nSPS) is 37.6. The topological polar surface area (TPSA) is 158 Å². The first kappa shape index (κ1) is 89.7. The molecule has 0 aromatic rings. The van der Waals surface area contributed by atoms with Crippen LogP contribution in [0.4, 0.5) is 0 Å². The van der Waals surface area contributed by atoms with Crippen LogP contribution < -0.4 is 0 Å². The van der Waals surface area contributed by atoms with Crippen molar-refractivity contribution in [2.75, 3.05) is 0 Å². The van der Waals surface area contributed by atoms with E-state index in [4.69, 9.17) is 28.4 Å². The van der Waals surface area contributed by atoms with Crippen LogP contribution in [-0.4, -0.2) is 69.4 Å². The molecule has 0 heterocycles. The van der Waals surface area contributed by atoms with Crippen molar-refractivity contribution in [1.82, 2.24) is 0 Å². The predicted octanol–water partition coefficient (Wildman–Crippen LogP) is 25.0. The molecule has 626 valence electrons. The van der Waals surface area contributed by atoms with E-state index in [0.29, 0.717) is 59.2 Å². The van der Waals surface area contributed by atoms with Crippen molar-refractivity contribution in [3.63, 3.8) is 0 Å². The van der Waals surface area contributed by atoms with Gasteiger partial charge in [-0.05, 0) is 393 Å². The van der Waals surface area contributed by atoms with Gasteiger partial charge in [-0.15, -0.1) is 0 Å². The molecule has 0 N–H and O–H groups in total. The number of carbonyl (C=O) groups is 6. The molecule has 0 radical (unpaired) electrons. The maximum atomic E-state index is 12.5. The molecule has 18 aliphatic carbocycles. The third-order valence-corrected chi connectivity index (χ3v) is 34.2. The number of rotatable bonds is 22. The van der Waals surface area contributed by atoms with Gasteiger partial charge in [0, 0.05) is 0 Å². The molecule has 109 heavy (non-hydrogen) atoms. The number of hydrogen-bond acceptors (Lipinski definition) is 12. The Balaban J connectivity index is 0.000000151. The lowest BCUT2D eigenvalue weighted by Gasteiger charge is -2.62. The number of hydrogen-bond donors (Lipinski definition) is 0. The highest BCUT2D eigenvalue weighted by Crippen LogP contribution is 2.65. The zero-order valence-corrected chi connectivity index (χ0v) is 74.4. The van der Waals surface area contributed by atoms with Crippen molar-refractivity contribution in [3.8, 4) is 0 Å². The van der Waals surface area contributed by atoms with E-state index in [1.54, 1.807) is 0 Å². The molecule has 0 aromatic heterocycles. The molecule has 18 saturated carbocycles. The van der Waals surface area contributed by atoms with E-state index in [1.165, 1.54) is 167 Å². The first-order valence-corrected chi connectivity index (χ1v) is 46.6.